The smallest absolute Gasteiger partial charge is 0.320 e. The van der Waals surface area contributed by atoms with E-state index in [2.05, 4.69) is 9.97 Å². The Bertz CT molecular complexity index is 1380. The fourth-order valence-electron chi connectivity index (χ4n) is 4.87. The number of hydrogen-bond donors (Lipinski definition) is 1. The first-order chi connectivity index (χ1) is 18.1. The third kappa shape index (κ3) is 5.11. The van der Waals surface area contributed by atoms with Gasteiger partial charge in [0.15, 0.2) is 0 Å². The van der Waals surface area contributed by atoms with Crippen LogP contribution in [-0.2, 0) is 41.0 Å². The van der Waals surface area contributed by atoms with Gasteiger partial charge in [-0.15, -0.1) is 0 Å². The van der Waals surface area contributed by atoms with Crippen molar-refractivity contribution in [3.05, 3.63) is 113 Å². The first-order valence-electron chi connectivity index (χ1n) is 12.3. The Kier molecular flexibility index (Phi) is 7.03. The molecule has 37 heavy (non-hydrogen) atoms. The van der Waals surface area contributed by atoms with Crippen molar-refractivity contribution in [2.24, 2.45) is 0 Å². The molecule has 0 radical (unpaired) electrons. The Labute approximate surface area is 216 Å². The summed E-state index contributed by atoms with van der Waals surface area (Å²) in [4.78, 5) is 22.4. The van der Waals surface area contributed by atoms with E-state index in [1.165, 1.54) is 7.11 Å². The normalized spacial score (nSPS) is 16.1. The molecule has 2 N–H and O–H groups in total. The first kappa shape index (κ1) is 24.3. The van der Waals surface area contributed by atoms with Gasteiger partial charge in [0, 0.05) is 6.42 Å². The number of nitrogens with zero attached hydrogens (tertiary/aromatic N) is 2. The number of aryl methyl sites for hydroxylation is 1. The van der Waals surface area contributed by atoms with Crippen molar-refractivity contribution in [3.8, 4) is 11.9 Å². The Hall–Kier alpha value is -4.39. The predicted octanol–water partition coefficient (Wildman–Crippen LogP) is 4.82. The third-order valence-electron chi connectivity index (χ3n) is 6.80. The van der Waals surface area contributed by atoms with Crippen LogP contribution in [0.3, 0.4) is 0 Å². The van der Waals surface area contributed by atoms with Crippen LogP contribution in [0.5, 0.6) is 11.9 Å². The van der Waals surface area contributed by atoms with E-state index < -0.39 is 5.41 Å². The Morgan fingerprint density at radius 2 is 1.49 bits per heavy atom. The van der Waals surface area contributed by atoms with Crippen molar-refractivity contribution in [2.75, 3.05) is 12.8 Å². The van der Waals surface area contributed by atoms with Crippen LogP contribution >= 0.6 is 0 Å². The molecular formula is C30H29N3O4. The van der Waals surface area contributed by atoms with Crippen LogP contribution in [0.15, 0.2) is 84.9 Å². The fourth-order valence-corrected chi connectivity index (χ4v) is 4.87. The number of carbonyl (C=O) groups is 1. The molecule has 7 nitrogen and oxygen atoms in total. The van der Waals surface area contributed by atoms with Gasteiger partial charge in [-0.05, 0) is 35.1 Å². The van der Waals surface area contributed by atoms with Gasteiger partial charge in [0.05, 0.1) is 18.2 Å². The number of rotatable bonds is 9. The molecule has 0 fully saturated rings. The topological polar surface area (TPSA) is 96.6 Å². The van der Waals surface area contributed by atoms with Gasteiger partial charge in [0.25, 0.3) is 0 Å². The number of fused-ring (bicyclic) bond motifs is 1. The van der Waals surface area contributed by atoms with E-state index in [0.717, 1.165) is 28.7 Å². The van der Waals surface area contributed by atoms with Crippen molar-refractivity contribution in [2.45, 2.75) is 37.9 Å². The van der Waals surface area contributed by atoms with Crippen LogP contribution in [0.2, 0.25) is 0 Å². The summed E-state index contributed by atoms with van der Waals surface area (Å²) in [6.07, 6.45) is 1.61. The molecule has 0 saturated carbocycles. The first-order valence-corrected chi connectivity index (χ1v) is 12.3. The van der Waals surface area contributed by atoms with Crippen molar-refractivity contribution < 1.29 is 19.0 Å². The molecule has 188 valence electrons. The number of carbonyl (C=O) groups excluding carboxylic acids is 1. The SMILES string of the molecule is COC(=O)C1(Cc2nc(OCc3ccccc3)nc(OCc3ccccc3)c2N)CCc2ccccc21. The highest BCUT2D eigenvalue weighted by atomic mass is 16.5. The lowest BCUT2D eigenvalue weighted by atomic mass is 9.77. The van der Waals surface area contributed by atoms with Crippen LogP contribution in [0.25, 0.3) is 0 Å². The monoisotopic (exact) mass is 495 g/mol. The number of benzene rings is 3. The van der Waals surface area contributed by atoms with Crippen molar-refractivity contribution >= 4 is 11.7 Å². The molecular weight excluding hydrogens is 466 g/mol. The second-order valence-corrected chi connectivity index (χ2v) is 9.13. The molecule has 4 aromatic rings. The van der Waals surface area contributed by atoms with Gasteiger partial charge in [-0.3, -0.25) is 4.79 Å². The van der Waals surface area contributed by atoms with E-state index in [1.54, 1.807) is 0 Å². The van der Waals surface area contributed by atoms with Crippen LogP contribution < -0.4 is 15.2 Å². The lowest BCUT2D eigenvalue weighted by Gasteiger charge is -2.28. The lowest BCUT2D eigenvalue weighted by Crippen LogP contribution is -2.37. The summed E-state index contributed by atoms with van der Waals surface area (Å²) >= 11 is 0. The summed E-state index contributed by atoms with van der Waals surface area (Å²) in [5.74, 6) is -0.0859. The molecule has 0 amide bonds. The summed E-state index contributed by atoms with van der Waals surface area (Å²) in [6.45, 7) is 0.567. The standard InChI is InChI=1S/C30H29N3O4/c1-35-28(34)30(17-16-23-14-8-9-15-24(23)30)18-25-26(31)27(36-19-21-10-4-2-5-11-21)33-29(32-25)37-20-22-12-6-3-7-13-22/h2-15H,16-20,31H2,1H3. The number of anilines is 1. The molecule has 7 heteroatoms. The summed E-state index contributed by atoms with van der Waals surface area (Å²) in [6, 6.07) is 27.6. The van der Waals surface area contributed by atoms with Crippen LogP contribution in [0.4, 0.5) is 5.69 Å². The number of nitrogen functional groups attached to an aromatic ring is 1. The summed E-state index contributed by atoms with van der Waals surface area (Å²) < 4.78 is 17.3. The van der Waals surface area contributed by atoms with E-state index >= 15 is 0 Å². The number of aromatic nitrogens is 2. The van der Waals surface area contributed by atoms with Crippen molar-refractivity contribution in [1.29, 1.82) is 0 Å². The van der Waals surface area contributed by atoms with Gasteiger partial charge < -0.3 is 19.9 Å². The van der Waals surface area contributed by atoms with Crippen LogP contribution in [0, 0.1) is 0 Å². The molecule has 0 saturated heterocycles. The fraction of sp³-hybridized carbons (Fsp3) is 0.233. The second-order valence-electron chi connectivity index (χ2n) is 9.13. The quantitative estimate of drug-likeness (QED) is 0.333. The van der Waals surface area contributed by atoms with E-state index in [0.29, 0.717) is 12.1 Å². The average molecular weight is 496 g/mol. The van der Waals surface area contributed by atoms with E-state index in [4.69, 9.17) is 19.9 Å². The van der Waals surface area contributed by atoms with Crippen molar-refractivity contribution in [1.82, 2.24) is 9.97 Å². The maximum absolute atomic E-state index is 13.2. The van der Waals surface area contributed by atoms with E-state index in [-0.39, 0.29) is 43.2 Å². The largest absolute Gasteiger partial charge is 0.471 e. The number of esters is 1. The highest BCUT2D eigenvalue weighted by Crippen LogP contribution is 2.44. The molecule has 1 aromatic heterocycles. The number of hydrogen-bond acceptors (Lipinski definition) is 7. The minimum Gasteiger partial charge on any atom is -0.471 e. The maximum Gasteiger partial charge on any atom is 0.320 e. The molecule has 5 rings (SSSR count). The summed E-state index contributed by atoms with van der Waals surface area (Å²) in [7, 11) is 1.41. The molecule has 1 heterocycles. The second kappa shape index (κ2) is 10.7. The van der Waals surface area contributed by atoms with Gasteiger partial charge in [0.2, 0.25) is 5.88 Å². The zero-order valence-electron chi connectivity index (χ0n) is 20.7. The van der Waals surface area contributed by atoms with Gasteiger partial charge in [-0.25, -0.2) is 0 Å². The Balaban J connectivity index is 1.50. The molecule has 0 aliphatic heterocycles. The van der Waals surface area contributed by atoms with E-state index in [1.807, 2.05) is 84.9 Å². The van der Waals surface area contributed by atoms with Gasteiger partial charge in [0.1, 0.15) is 18.9 Å². The van der Waals surface area contributed by atoms with Crippen molar-refractivity contribution in [3.63, 3.8) is 0 Å². The summed E-state index contributed by atoms with van der Waals surface area (Å²) in [5.41, 5.74) is 10.5. The molecule has 1 atom stereocenters. The maximum atomic E-state index is 13.2. The lowest BCUT2D eigenvalue weighted by molar-refractivity contribution is -0.147. The van der Waals surface area contributed by atoms with Gasteiger partial charge >= 0.3 is 12.0 Å². The minimum absolute atomic E-state index is 0.141. The minimum atomic E-state index is -0.902. The summed E-state index contributed by atoms with van der Waals surface area (Å²) in [5, 5.41) is 0. The van der Waals surface area contributed by atoms with Gasteiger partial charge in [-0.1, -0.05) is 84.9 Å². The predicted molar refractivity (Wildman–Crippen MR) is 140 cm³/mol. The highest BCUT2D eigenvalue weighted by molar-refractivity contribution is 5.85. The molecule has 0 spiro atoms. The molecule has 1 unspecified atom stereocenters. The van der Waals surface area contributed by atoms with Crippen LogP contribution in [-0.4, -0.2) is 23.0 Å². The molecule has 1 aliphatic carbocycles. The number of nitrogens with two attached hydrogens (primary N) is 1. The Morgan fingerprint density at radius 3 is 2.16 bits per heavy atom. The average Bonchev–Trinajstić information content (AvgIpc) is 3.32. The van der Waals surface area contributed by atoms with Crippen LogP contribution in [0.1, 0.15) is 34.4 Å². The number of methoxy groups -OCH3 is 1. The Morgan fingerprint density at radius 1 is 0.865 bits per heavy atom. The zero-order valence-corrected chi connectivity index (χ0v) is 20.7. The van der Waals surface area contributed by atoms with E-state index in [9.17, 15) is 4.79 Å². The molecule has 3 aromatic carbocycles. The third-order valence-corrected chi connectivity index (χ3v) is 6.80. The molecule has 0 bridgehead atoms. The van der Waals surface area contributed by atoms with Gasteiger partial charge in [-0.2, -0.15) is 9.97 Å². The zero-order chi connectivity index (χ0) is 25.7. The highest BCUT2D eigenvalue weighted by Gasteiger charge is 2.47. The number of ether oxygens (including phenoxy) is 3. The molecule has 1 aliphatic rings.